The summed E-state index contributed by atoms with van der Waals surface area (Å²) >= 11 is 0. The molecule has 68 valence electrons. The fourth-order valence-corrected chi connectivity index (χ4v) is 0.900. The van der Waals surface area contributed by atoms with E-state index >= 15 is 0 Å². The van der Waals surface area contributed by atoms with Gasteiger partial charge in [0.05, 0.1) is 19.8 Å². The van der Waals surface area contributed by atoms with Crippen LogP contribution in [0, 0.1) is 5.92 Å². The van der Waals surface area contributed by atoms with E-state index in [4.69, 9.17) is 14.2 Å². The molecule has 11 heavy (non-hydrogen) atoms. The summed E-state index contributed by atoms with van der Waals surface area (Å²) < 4.78 is 15.2. The van der Waals surface area contributed by atoms with Crippen molar-refractivity contribution in [3.63, 3.8) is 0 Å². The molecule has 0 bridgehead atoms. The molecule has 0 aliphatic carbocycles. The van der Waals surface area contributed by atoms with Crippen molar-refractivity contribution in [3.8, 4) is 0 Å². The molecule has 0 fully saturated rings. The summed E-state index contributed by atoms with van der Waals surface area (Å²) in [4.78, 5) is 0. The largest absolute Gasteiger partial charge is 0.384 e. The van der Waals surface area contributed by atoms with Gasteiger partial charge in [0.15, 0.2) is 0 Å². The normalized spacial score (nSPS) is 10.9. The zero-order chi connectivity index (χ0) is 8.53. The molecule has 0 saturated carbocycles. The highest BCUT2D eigenvalue weighted by molar-refractivity contribution is 4.54. The van der Waals surface area contributed by atoms with E-state index in [9.17, 15) is 0 Å². The van der Waals surface area contributed by atoms with Gasteiger partial charge in [-0.2, -0.15) is 0 Å². The molecule has 0 aromatic rings. The highest BCUT2D eigenvalue weighted by atomic mass is 16.5. The van der Waals surface area contributed by atoms with Crippen LogP contribution < -0.4 is 0 Å². The summed E-state index contributed by atoms with van der Waals surface area (Å²) in [6, 6.07) is 0. The number of hydrogen-bond donors (Lipinski definition) is 0. The maximum Gasteiger partial charge on any atom is 0.0538 e. The van der Waals surface area contributed by atoms with Crippen LogP contribution in [-0.4, -0.2) is 40.6 Å². The molecule has 0 aromatic heterocycles. The van der Waals surface area contributed by atoms with Gasteiger partial charge in [0.25, 0.3) is 0 Å². The Labute approximate surface area is 68.6 Å². The van der Waals surface area contributed by atoms with Crippen molar-refractivity contribution >= 4 is 0 Å². The van der Waals surface area contributed by atoms with Crippen LogP contribution in [0.25, 0.3) is 0 Å². The Morgan fingerprint density at radius 3 is 1.91 bits per heavy atom. The first-order chi connectivity index (χ1) is 5.35. The van der Waals surface area contributed by atoms with Gasteiger partial charge in [-0.3, -0.25) is 0 Å². The molecule has 0 rings (SSSR count). The lowest BCUT2D eigenvalue weighted by atomic mass is 10.2. The first-order valence-electron chi connectivity index (χ1n) is 3.90. The molecule has 0 N–H and O–H groups in total. The Balaban J connectivity index is 3.34. The lowest BCUT2D eigenvalue weighted by molar-refractivity contribution is 0.0229. The minimum absolute atomic E-state index is 0.366. The van der Waals surface area contributed by atoms with Gasteiger partial charge >= 0.3 is 0 Å². The fraction of sp³-hybridized carbons (Fsp3) is 1.00. The first-order valence-corrected chi connectivity index (χ1v) is 3.90. The van der Waals surface area contributed by atoms with Crippen LogP contribution in [0.1, 0.15) is 6.92 Å². The molecule has 3 nitrogen and oxygen atoms in total. The van der Waals surface area contributed by atoms with E-state index in [1.54, 1.807) is 14.2 Å². The van der Waals surface area contributed by atoms with E-state index in [2.05, 4.69) is 0 Å². The van der Waals surface area contributed by atoms with E-state index in [0.717, 1.165) is 13.2 Å². The average molecular weight is 162 g/mol. The van der Waals surface area contributed by atoms with Crippen LogP contribution in [0.4, 0.5) is 0 Å². The highest BCUT2D eigenvalue weighted by Gasteiger charge is 2.06. The second kappa shape index (κ2) is 7.98. The molecule has 3 heteroatoms. The minimum atomic E-state index is 0.366. The summed E-state index contributed by atoms with van der Waals surface area (Å²) in [6.45, 7) is 4.86. The third-order valence-corrected chi connectivity index (χ3v) is 1.36. The SMILES string of the molecule is CCOCC(COC)COC. The standard InChI is InChI=1S/C8H18O3/c1-4-11-7-8(5-9-2)6-10-3/h8H,4-7H2,1-3H3. The second-order valence-electron chi connectivity index (χ2n) is 2.44. The van der Waals surface area contributed by atoms with Crippen molar-refractivity contribution < 1.29 is 14.2 Å². The Hall–Kier alpha value is -0.120. The van der Waals surface area contributed by atoms with Gasteiger partial charge < -0.3 is 14.2 Å². The Morgan fingerprint density at radius 1 is 1.00 bits per heavy atom. The van der Waals surface area contributed by atoms with E-state index in [1.165, 1.54) is 0 Å². The predicted octanol–water partition coefficient (Wildman–Crippen LogP) is 0.932. The van der Waals surface area contributed by atoms with E-state index in [-0.39, 0.29) is 0 Å². The number of methoxy groups -OCH3 is 2. The zero-order valence-corrected chi connectivity index (χ0v) is 7.63. The molecule has 0 aliphatic rings. The fourth-order valence-electron chi connectivity index (χ4n) is 0.900. The van der Waals surface area contributed by atoms with Crippen molar-refractivity contribution in [2.45, 2.75) is 6.92 Å². The Bertz CT molecular complexity index is 69.7. The summed E-state index contributed by atoms with van der Waals surface area (Å²) in [6.07, 6.45) is 0. The van der Waals surface area contributed by atoms with E-state index in [1.807, 2.05) is 6.92 Å². The molecular formula is C8H18O3. The monoisotopic (exact) mass is 162 g/mol. The van der Waals surface area contributed by atoms with Crippen molar-refractivity contribution in [2.75, 3.05) is 40.6 Å². The van der Waals surface area contributed by atoms with Crippen LogP contribution in [0.3, 0.4) is 0 Å². The van der Waals surface area contributed by atoms with Crippen molar-refractivity contribution in [1.29, 1.82) is 0 Å². The third kappa shape index (κ3) is 6.28. The van der Waals surface area contributed by atoms with E-state index in [0.29, 0.717) is 19.1 Å². The molecule has 0 unspecified atom stereocenters. The van der Waals surface area contributed by atoms with Gasteiger partial charge in [0.2, 0.25) is 0 Å². The second-order valence-corrected chi connectivity index (χ2v) is 2.44. The minimum Gasteiger partial charge on any atom is -0.384 e. The third-order valence-electron chi connectivity index (χ3n) is 1.36. The number of ether oxygens (including phenoxy) is 3. The summed E-state index contributed by atoms with van der Waals surface area (Å²) in [5.41, 5.74) is 0. The van der Waals surface area contributed by atoms with Gasteiger partial charge in [-0.25, -0.2) is 0 Å². The highest BCUT2D eigenvalue weighted by Crippen LogP contribution is 1.98. The smallest absolute Gasteiger partial charge is 0.0538 e. The zero-order valence-electron chi connectivity index (χ0n) is 7.63. The first kappa shape index (κ1) is 10.9. The maximum atomic E-state index is 5.24. The topological polar surface area (TPSA) is 27.7 Å². The van der Waals surface area contributed by atoms with Crippen molar-refractivity contribution in [2.24, 2.45) is 5.92 Å². The summed E-state index contributed by atoms with van der Waals surface area (Å²) in [5, 5.41) is 0. The molecule has 0 heterocycles. The molecular weight excluding hydrogens is 144 g/mol. The van der Waals surface area contributed by atoms with Crippen molar-refractivity contribution in [1.82, 2.24) is 0 Å². The van der Waals surface area contributed by atoms with Gasteiger partial charge in [0.1, 0.15) is 0 Å². The molecule has 0 spiro atoms. The molecule has 0 saturated heterocycles. The van der Waals surface area contributed by atoms with Crippen molar-refractivity contribution in [3.05, 3.63) is 0 Å². The van der Waals surface area contributed by atoms with Crippen LogP contribution in [-0.2, 0) is 14.2 Å². The van der Waals surface area contributed by atoms with Crippen LogP contribution in [0.5, 0.6) is 0 Å². The lowest BCUT2D eigenvalue weighted by Crippen LogP contribution is -2.20. The summed E-state index contributed by atoms with van der Waals surface area (Å²) in [7, 11) is 3.38. The van der Waals surface area contributed by atoms with Gasteiger partial charge in [-0.15, -0.1) is 0 Å². The lowest BCUT2D eigenvalue weighted by Gasteiger charge is -2.13. The number of hydrogen-bond acceptors (Lipinski definition) is 3. The quantitative estimate of drug-likeness (QED) is 0.557. The maximum absolute atomic E-state index is 5.24. The Morgan fingerprint density at radius 2 is 1.55 bits per heavy atom. The van der Waals surface area contributed by atoms with Crippen LogP contribution in [0.15, 0.2) is 0 Å². The van der Waals surface area contributed by atoms with Crippen LogP contribution in [0.2, 0.25) is 0 Å². The average Bonchev–Trinajstić information content (AvgIpc) is 2.01. The Kier molecular flexibility index (Phi) is 7.89. The molecule has 0 amide bonds. The molecule has 0 atom stereocenters. The van der Waals surface area contributed by atoms with Gasteiger partial charge in [0, 0.05) is 26.7 Å². The van der Waals surface area contributed by atoms with Gasteiger partial charge in [-0.1, -0.05) is 0 Å². The molecule has 0 aliphatic heterocycles. The van der Waals surface area contributed by atoms with Crippen LogP contribution >= 0.6 is 0 Å². The summed E-state index contributed by atoms with van der Waals surface area (Å²) in [5.74, 6) is 0.366. The molecule has 0 radical (unpaired) electrons. The van der Waals surface area contributed by atoms with E-state index < -0.39 is 0 Å². The number of rotatable bonds is 7. The molecule has 0 aromatic carbocycles. The van der Waals surface area contributed by atoms with Gasteiger partial charge in [-0.05, 0) is 6.92 Å². The predicted molar refractivity (Wildman–Crippen MR) is 43.7 cm³/mol.